The molecule has 1 aliphatic carbocycles. The topological polar surface area (TPSA) is 57.7 Å². The van der Waals surface area contributed by atoms with Gasteiger partial charge < -0.3 is 4.90 Å². The number of nitrogens with zero attached hydrogens (tertiary/aromatic N) is 2. The largest absolute Gasteiger partial charge is 0.332 e. The van der Waals surface area contributed by atoms with E-state index in [-0.39, 0.29) is 36.1 Å². The van der Waals surface area contributed by atoms with E-state index in [2.05, 4.69) is 0 Å². The van der Waals surface area contributed by atoms with Gasteiger partial charge in [0, 0.05) is 13.1 Å². The second-order valence-corrected chi connectivity index (χ2v) is 7.64. The van der Waals surface area contributed by atoms with E-state index >= 15 is 0 Å². The van der Waals surface area contributed by atoms with Crippen molar-refractivity contribution < 1.29 is 14.4 Å². The molecule has 0 unspecified atom stereocenters. The van der Waals surface area contributed by atoms with E-state index in [4.69, 9.17) is 0 Å². The van der Waals surface area contributed by atoms with Crippen LogP contribution in [0.4, 0.5) is 0 Å². The summed E-state index contributed by atoms with van der Waals surface area (Å²) in [5, 5.41) is 0. The van der Waals surface area contributed by atoms with Crippen molar-refractivity contribution in [3.8, 4) is 0 Å². The molecule has 2 aliphatic rings. The smallest absolute Gasteiger partial charge is 0.243 e. The quantitative estimate of drug-likeness (QED) is 0.564. The Kier molecular flexibility index (Phi) is 5.56. The SMILES string of the molecule is O=C(CN1C(=O)[C@@H]2CC=CC[C@H]2C1=O)N(Cc1ccccc1)Cc1ccccc1. The average Bonchev–Trinajstić information content (AvgIpc) is 3.00. The number of hydrogen-bond donors (Lipinski definition) is 0. The Morgan fingerprint density at radius 2 is 1.24 bits per heavy atom. The molecule has 0 radical (unpaired) electrons. The molecule has 0 N–H and O–H groups in total. The monoisotopic (exact) mass is 388 g/mol. The molecular weight excluding hydrogens is 364 g/mol. The molecule has 29 heavy (non-hydrogen) atoms. The highest BCUT2D eigenvalue weighted by Gasteiger charge is 2.47. The maximum absolute atomic E-state index is 13.2. The van der Waals surface area contributed by atoms with Crippen LogP contribution in [-0.2, 0) is 27.5 Å². The van der Waals surface area contributed by atoms with Gasteiger partial charge in [-0.1, -0.05) is 72.8 Å². The summed E-state index contributed by atoms with van der Waals surface area (Å²) in [5.74, 6) is -1.26. The summed E-state index contributed by atoms with van der Waals surface area (Å²) in [6, 6.07) is 19.5. The van der Waals surface area contributed by atoms with Crippen LogP contribution >= 0.6 is 0 Å². The van der Waals surface area contributed by atoms with Gasteiger partial charge in [-0.2, -0.15) is 0 Å². The molecule has 1 heterocycles. The first-order valence-corrected chi connectivity index (χ1v) is 9.99. The van der Waals surface area contributed by atoms with Crippen LogP contribution in [0.1, 0.15) is 24.0 Å². The Balaban J connectivity index is 1.51. The van der Waals surface area contributed by atoms with Crippen LogP contribution in [0.5, 0.6) is 0 Å². The molecule has 5 heteroatoms. The Morgan fingerprint density at radius 1 is 0.793 bits per heavy atom. The van der Waals surface area contributed by atoms with Crippen LogP contribution in [0, 0.1) is 11.8 Å². The van der Waals surface area contributed by atoms with Crippen molar-refractivity contribution in [2.24, 2.45) is 11.8 Å². The number of likely N-dealkylation sites (tertiary alicyclic amines) is 1. The minimum Gasteiger partial charge on any atom is -0.332 e. The molecule has 2 aromatic carbocycles. The van der Waals surface area contributed by atoms with Crippen LogP contribution < -0.4 is 0 Å². The molecule has 1 saturated heterocycles. The first-order valence-electron chi connectivity index (χ1n) is 9.99. The number of benzene rings is 2. The second kappa shape index (κ2) is 8.43. The van der Waals surface area contributed by atoms with E-state index in [1.54, 1.807) is 4.90 Å². The number of imide groups is 1. The summed E-state index contributed by atoms with van der Waals surface area (Å²) in [7, 11) is 0. The molecule has 0 aromatic heterocycles. The minimum atomic E-state index is -0.308. The van der Waals surface area contributed by atoms with Gasteiger partial charge in [0.2, 0.25) is 17.7 Å². The molecule has 2 aromatic rings. The van der Waals surface area contributed by atoms with Crippen LogP contribution in [0.25, 0.3) is 0 Å². The lowest BCUT2D eigenvalue weighted by Gasteiger charge is -2.25. The van der Waals surface area contributed by atoms with Gasteiger partial charge in [-0.05, 0) is 24.0 Å². The summed E-state index contributed by atoms with van der Waals surface area (Å²) < 4.78 is 0. The highest BCUT2D eigenvalue weighted by molar-refractivity contribution is 6.07. The molecule has 3 amide bonds. The zero-order valence-electron chi connectivity index (χ0n) is 16.2. The van der Waals surface area contributed by atoms with Crippen molar-refractivity contribution in [1.29, 1.82) is 0 Å². The van der Waals surface area contributed by atoms with Crippen molar-refractivity contribution in [1.82, 2.24) is 9.80 Å². The predicted octanol–water partition coefficient (Wildman–Crippen LogP) is 3.17. The summed E-state index contributed by atoms with van der Waals surface area (Å²) in [4.78, 5) is 41.5. The van der Waals surface area contributed by atoms with Crippen molar-refractivity contribution in [3.05, 3.63) is 83.9 Å². The fourth-order valence-electron chi connectivity index (χ4n) is 4.10. The van der Waals surface area contributed by atoms with Crippen molar-refractivity contribution in [3.63, 3.8) is 0 Å². The Bertz CT molecular complexity index is 856. The summed E-state index contributed by atoms with van der Waals surface area (Å²) >= 11 is 0. The van der Waals surface area contributed by atoms with E-state index in [9.17, 15) is 14.4 Å². The zero-order chi connectivity index (χ0) is 20.2. The van der Waals surface area contributed by atoms with Crippen molar-refractivity contribution in [2.45, 2.75) is 25.9 Å². The summed E-state index contributed by atoms with van der Waals surface area (Å²) in [6.07, 6.45) is 5.07. The van der Waals surface area contributed by atoms with Gasteiger partial charge >= 0.3 is 0 Å². The van der Waals surface area contributed by atoms with E-state index in [1.807, 2.05) is 72.8 Å². The standard InChI is InChI=1S/C24H24N2O3/c27-22(17-26-23(28)20-13-7-8-14-21(20)24(26)29)25(15-18-9-3-1-4-10-18)16-19-11-5-2-6-12-19/h1-12,20-21H,13-17H2/t20-,21-/m1/s1. The predicted molar refractivity (Wildman–Crippen MR) is 109 cm³/mol. The third-order valence-electron chi connectivity index (χ3n) is 5.68. The molecular formula is C24H24N2O3. The molecule has 5 nitrogen and oxygen atoms in total. The number of rotatable bonds is 6. The van der Waals surface area contributed by atoms with Gasteiger partial charge in [0.05, 0.1) is 11.8 Å². The summed E-state index contributed by atoms with van der Waals surface area (Å²) in [6.45, 7) is 0.669. The van der Waals surface area contributed by atoms with Crippen LogP contribution in [0.15, 0.2) is 72.8 Å². The third kappa shape index (κ3) is 4.14. The molecule has 148 valence electrons. The highest BCUT2D eigenvalue weighted by Crippen LogP contribution is 2.35. The van der Waals surface area contributed by atoms with E-state index < -0.39 is 0 Å². The Hall–Kier alpha value is -3.21. The maximum Gasteiger partial charge on any atom is 0.243 e. The first-order chi connectivity index (χ1) is 14.1. The van der Waals surface area contributed by atoms with Crippen LogP contribution in [-0.4, -0.2) is 34.1 Å². The summed E-state index contributed by atoms with van der Waals surface area (Å²) in [5.41, 5.74) is 2.02. The Labute approximate surface area is 170 Å². The number of hydrogen-bond acceptors (Lipinski definition) is 3. The molecule has 0 saturated carbocycles. The maximum atomic E-state index is 13.2. The number of carbonyl (C=O) groups excluding carboxylic acids is 3. The number of amides is 3. The number of allylic oxidation sites excluding steroid dienone is 2. The number of carbonyl (C=O) groups is 3. The zero-order valence-corrected chi connectivity index (χ0v) is 16.2. The normalized spacial score (nSPS) is 20.6. The lowest BCUT2D eigenvalue weighted by molar-refractivity contribution is -0.147. The fourth-order valence-corrected chi connectivity index (χ4v) is 4.10. The van der Waals surface area contributed by atoms with Crippen LogP contribution in [0.3, 0.4) is 0 Å². The van der Waals surface area contributed by atoms with Gasteiger partial charge in [-0.15, -0.1) is 0 Å². The number of fused-ring (bicyclic) bond motifs is 1. The van der Waals surface area contributed by atoms with Crippen molar-refractivity contribution >= 4 is 17.7 Å². The van der Waals surface area contributed by atoms with Crippen LogP contribution in [0.2, 0.25) is 0 Å². The first kappa shape index (κ1) is 19.1. The van der Waals surface area contributed by atoms with Gasteiger partial charge in [-0.25, -0.2) is 0 Å². The highest BCUT2D eigenvalue weighted by atomic mass is 16.2. The molecule has 1 aliphatic heterocycles. The van der Waals surface area contributed by atoms with Gasteiger partial charge in [0.15, 0.2) is 0 Å². The van der Waals surface area contributed by atoms with E-state index in [0.717, 1.165) is 11.1 Å². The fraction of sp³-hybridized carbons (Fsp3) is 0.292. The third-order valence-corrected chi connectivity index (χ3v) is 5.68. The molecule has 4 rings (SSSR count). The van der Waals surface area contributed by atoms with Gasteiger partial charge in [-0.3, -0.25) is 19.3 Å². The molecule has 0 bridgehead atoms. The minimum absolute atomic E-state index is 0.190. The van der Waals surface area contributed by atoms with E-state index in [0.29, 0.717) is 25.9 Å². The molecule has 1 fully saturated rings. The molecule has 2 atom stereocenters. The Morgan fingerprint density at radius 3 is 1.69 bits per heavy atom. The lowest BCUT2D eigenvalue weighted by Crippen LogP contribution is -2.42. The molecule has 0 spiro atoms. The van der Waals surface area contributed by atoms with Gasteiger partial charge in [0.25, 0.3) is 0 Å². The average molecular weight is 388 g/mol. The second-order valence-electron chi connectivity index (χ2n) is 7.64. The van der Waals surface area contributed by atoms with E-state index in [1.165, 1.54) is 4.90 Å². The van der Waals surface area contributed by atoms with Gasteiger partial charge in [0.1, 0.15) is 6.54 Å². The van der Waals surface area contributed by atoms with Crippen molar-refractivity contribution in [2.75, 3.05) is 6.54 Å². The lowest BCUT2D eigenvalue weighted by atomic mass is 9.85.